The van der Waals surface area contributed by atoms with Crippen LogP contribution in [0.1, 0.15) is 19.3 Å². The maximum atomic E-state index is 13.8. The Balaban J connectivity index is 1.81. The number of aliphatic carboxylic acids is 1. The number of halogens is 1. The van der Waals surface area contributed by atoms with Crippen LogP contribution < -0.4 is 5.32 Å². The fourth-order valence-corrected chi connectivity index (χ4v) is 5.02. The number of amides is 1. The molecule has 24 heavy (non-hydrogen) atoms. The zero-order valence-electron chi connectivity index (χ0n) is 12.7. The van der Waals surface area contributed by atoms with E-state index >= 15 is 0 Å². The van der Waals surface area contributed by atoms with E-state index < -0.39 is 38.2 Å². The normalized spacial score (nSPS) is 24.0. The van der Waals surface area contributed by atoms with Gasteiger partial charge in [0, 0.05) is 19.5 Å². The molecule has 3 rings (SSSR count). The van der Waals surface area contributed by atoms with E-state index in [-0.39, 0.29) is 38.3 Å². The highest BCUT2D eigenvalue weighted by molar-refractivity contribution is 7.89. The molecule has 0 saturated carbocycles. The lowest BCUT2D eigenvalue weighted by molar-refractivity contribution is -0.144. The number of carbonyl (C=O) groups is 2. The fourth-order valence-electron chi connectivity index (χ4n) is 3.51. The van der Waals surface area contributed by atoms with E-state index in [0.29, 0.717) is 0 Å². The maximum absolute atomic E-state index is 13.8. The summed E-state index contributed by atoms with van der Waals surface area (Å²) < 4.78 is 40.1. The molecule has 2 aliphatic heterocycles. The van der Waals surface area contributed by atoms with Gasteiger partial charge in [0.2, 0.25) is 15.9 Å². The quantitative estimate of drug-likeness (QED) is 0.824. The van der Waals surface area contributed by atoms with Crippen molar-refractivity contribution in [2.24, 2.45) is 5.92 Å². The van der Waals surface area contributed by atoms with Gasteiger partial charge < -0.3 is 10.4 Å². The molecular formula is C15H17FN2O5S. The van der Waals surface area contributed by atoms with Crippen LogP contribution in [0.15, 0.2) is 29.2 Å². The number of nitrogens with zero attached hydrogens (tertiary/aromatic N) is 1. The molecule has 2 saturated heterocycles. The van der Waals surface area contributed by atoms with Gasteiger partial charge in [-0.2, -0.15) is 4.31 Å². The lowest BCUT2D eigenvalue weighted by atomic mass is 9.78. The highest BCUT2D eigenvalue weighted by Gasteiger charge is 2.52. The number of benzene rings is 1. The Morgan fingerprint density at radius 2 is 1.92 bits per heavy atom. The van der Waals surface area contributed by atoms with Crippen molar-refractivity contribution in [3.8, 4) is 0 Å². The minimum atomic E-state index is -3.99. The summed E-state index contributed by atoms with van der Waals surface area (Å²) in [6, 6.07) is 5.13. The number of rotatable bonds is 3. The Morgan fingerprint density at radius 1 is 1.29 bits per heavy atom. The molecule has 1 aromatic carbocycles. The number of hydrogen-bond donors (Lipinski definition) is 2. The van der Waals surface area contributed by atoms with Crippen LogP contribution in [0.25, 0.3) is 0 Å². The Bertz CT molecular complexity index is 787. The number of piperidine rings is 1. The van der Waals surface area contributed by atoms with Crippen molar-refractivity contribution in [3.05, 3.63) is 30.1 Å². The van der Waals surface area contributed by atoms with E-state index in [2.05, 4.69) is 5.32 Å². The second kappa shape index (κ2) is 5.82. The summed E-state index contributed by atoms with van der Waals surface area (Å²) in [5, 5.41) is 12.0. The van der Waals surface area contributed by atoms with Gasteiger partial charge in [0.05, 0.1) is 11.5 Å². The van der Waals surface area contributed by atoms with E-state index in [0.717, 1.165) is 10.4 Å². The average Bonchev–Trinajstić information content (AvgIpc) is 2.84. The van der Waals surface area contributed by atoms with Gasteiger partial charge in [-0.25, -0.2) is 12.8 Å². The molecule has 7 nitrogen and oxygen atoms in total. The van der Waals surface area contributed by atoms with Crippen molar-refractivity contribution >= 4 is 21.9 Å². The first-order valence-corrected chi connectivity index (χ1v) is 8.99. The summed E-state index contributed by atoms with van der Waals surface area (Å²) >= 11 is 0. The molecule has 1 spiro atoms. The van der Waals surface area contributed by atoms with Crippen LogP contribution in [0, 0.1) is 11.7 Å². The molecule has 2 N–H and O–H groups in total. The minimum absolute atomic E-state index is 0.0285. The molecule has 2 aliphatic rings. The van der Waals surface area contributed by atoms with Gasteiger partial charge >= 0.3 is 5.97 Å². The van der Waals surface area contributed by atoms with Gasteiger partial charge in [-0.15, -0.1) is 0 Å². The molecule has 1 atom stereocenters. The van der Waals surface area contributed by atoms with Crippen molar-refractivity contribution in [3.63, 3.8) is 0 Å². The van der Waals surface area contributed by atoms with Crippen molar-refractivity contribution in [1.82, 2.24) is 9.62 Å². The molecule has 9 heteroatoms. The Kier molecular flexibility index (Phi) is 4.08. The number of sulfonamides is 1. The van der Waals surface area contributed by atoms with Crippen LogP contribution in [0.2, 0.25) is 0 Å². The third-order valence-electron chi connectivity index (χ3n) is 4.81. The molecule has 0 aromatic heterocycles. The first kappa shape index (κ1) is 16.8. The molecule has 0 bridgehead atoms. The lowest BCUT2D eigenvalue weighted by Gasteiger charge is -2.40. The third-order valence-corrected chi connectivity index (χ3v) is 6.74. The second-order valence-electron chi connectivity index (χ2n) is 6.13. The van der Waals surface area contributed by atoms with Crippen molar-refractivity contribution in [1.29, 1.82) is 0 Å². The minimum Gasteiger partial charge on any atom is -0.481 e. The summed E-state index contributed by atoms with van der Waals surface area (Å²) in [6.45, 7) is 0.0570. The molecule has 0 aliphatic carbocycles. The molecule has 1 aromatic rings. The number of carboxylic acids is 1. The fraction of sp³-hybridized carbons (Fsp3) is 0.467. The van der Waals surface area contributed by atoms with Crippen molar-refractivity contribution < 1.29 is 27.5 Å². The predicted molar refractivity (Wildman–Crippen MR) is 81.0 cm³/mol. The van der Waals surface area contributed by atoms with E-state index in [1.54, 1.807) is 0 Å². The zero-order chi connectivity index (χ0) is 17.5. The van der Waals surface area contributed by atoms with Crippen molar-refractivity contribution in [2.75, 3.05) is 13.1 Å². The number of hydrogen-bond acceptors (Lipinski definition) is 4. The summed E-state index contributed by atoms with van der Waals surface area (Å²) in [7, 11) is -3.99. The van der Waals surface area contributed by atoms with E-state index in [9.17, 15) is 27.5 Å². The predicted octanol–water partition coefficient (Wildman–Crippen LogP) is 0.570. The molecule has 2 fully saturated rings. The maximum Gasteiger partial charge on any atom is 0.309 e. The van der Waals surface area contributed by atoms with Crippen LogP contribution in [0.4, 0.5) is 4.39 Å². The number of carboxylic acid groups (broad SMARTS) is 1. The van der Waals surface area contributed by atoms with Crippen LogP contribution in [-0.2, 0) is 19.6 Å². The molecule has 1 amide bonds. The van der Waals surface area contributed by atoms with E-state index in [1.165, 1.54) is 18.2 Å². The molecule has 1 unspecified atom stereocenters. The van der Waals surface area contributed by atoms with Gasteiger partial charge in [-0.3, -0.25) is 9.59 Å². The first-order valence-electron chi connectivity index (χ1n) is 7.55. The van der Waals surface area contributed by atoms with Gasteiger partial charge in [-0.1, -0.05) is 12.1 Å². The highest BCUT2D eigenvalue weighted by atomic mass is 32.2. The summed E-state index contributed by atoms with van der Waals surface area (Å²) in [4.78, 5) is 22.6. The van der Waals surface area contributed by atoms with Gasteiger partial charge in [0.15, 0.2) is 0 Å². The monoisotopic (exact) mass is 356 g/mol. The molecule has 0 radical (unpaired) electrons. The molecule has 2 heterocycles. The SMILES string of the molecule is O=C1CC(C(=O)O)C2(CCN(S(=O)(=O)c3ccccc3F)CC2)N1. The van der Waals surface area contributed by atoms with Gasteiger partial charge in [0.25, 0.3) is 0 Å². The smallest absolute Gasteiger partial charge is 0.309 e. The third kappa shape index (κ3) is 2.67. The lowest BCUT2D eigenvalue weighted by Crippen LogP contribution is -2.56. The number of nitrogens with one attached hydrogen (secondary N) is 1. The summed E-state index contributed by atoms with van der Waals surface area (Å²) in [6.07, 6.45) is 0.266. The second-order valence-corrected chi connectivity index (χ2v) is 8.04. The van der Waals surface area contributed by atoms with Crippen LogP contribution >= 0.6 is 0 Å². The summed E-state index contributed by atoms with van der Waals surface area (Å²) in [5.41, 5.74) is -0.926. The average molecular weight is 356 g/mol. The Hall–Kier alpha value is -2.00. The van der Waals surface area contributed by atoms with E-state index in [4.69, 9.17) is 0 Å². The Labute approximate surface area is 138 Å². The van der Waals surface area contributed by atoms with Gasteiger partial charge in [-0.05, 0) is 25.0 Å². The highest BCUT2D eigenvalue weighted by Crippen LogP contribution is 2.38. The topological polar surface area (TPSA) is 104 Å². The van der Waals surface area contributed by atoms with E-state index in [1.807, 2.05) is 0 Å². The van der Waals surface area contributed by atoms with Crippen LogP contribution in [0.3, 0.4) is 0 Å². The zero-order valence-corrected chi connectivity index (χ0v) is 13.6. The first-order chi connectivity index (χ1) is 11.3. The summed E-state index contributed by atoms with van der Waals surface area (Å²) in [5.74, 6) is -3.11. The number of carbonyl (C=O) groups excluding carboxylic acids is 1. The Morgan fingerprint density at radius 3 is 2.50 bits per heavy atom. The van der Waals surface area contributed by atoms with Crippen molar-refractivity contribution in [2.45, 2.75) is 29.7 Å². The van der Waals surface area contributed by atoms with Gasteiger partial charge in [0.1, 0.15) is 10.7 Å². The molecular weight excluding hydrogens is 339 g/mol. The molecule has 130 valence electrons. The van der Waals surface area contributed by atoms with Crippen LogP contribution in [0.5, 0.6) is 0 Å². The largest absolute Gasteiger partial charge is 0.481 e. The van der Waals surface area contributed by atoms with Crippen LogP contribution in [-0.4, -0.2) is 48.3 Å². The standard InChI is InChI=1S/C15H17FN2O5S/c16-11-3-1-2-4-12(11)24(22,23)18-7-5-15(6-8-18)10(14(20)21)9-13(19)17-15/h1-4,10H,5-9H2,(H,17,19)(H,20,21).